The molecule has 0 saturated carbocycles. The van der Waals surface area contributed by atoms with Gasteiger partial charge in [0.25, 0.3) is 11.5 Å². The fourth-order valence-corrected chi connectivity index (χ4v) is 3.10. The largest absolute Gasteiger partial charge is 0.319 e. The summed E-state index contributed by atoms with van der Waals surface area (Å²) in [5.41, 5.74) is 1.48. The maximum atomic E-state index is 12.9. The Morgan fingerprint density at radius 2 is 1.81 bits per heavy atom. The molecule has 6 heteroatoms. The van der Waals surface area contributed by atoms with Gasteiger partial charge in [0.1, 0.15) is 0 Å². The summed E-state index contributed by atoms with van der Waals surface area (Å²) in [5, 5.41) is 9.14. The van der Waals surface area contributed by atoms with Crippen LogP contribution >= 0.6 is 0 Å². The Hall–Kier alpha value is -3.54. The summed E-state index contributed by atoms with van der Waals surface area (Å²) in [6, 6.07) is 16.6. The van der Waals surface area contributed by atoms with Crippen LogP contribution in [0.5, 0.6) is 0 Å². The maximum absolute atomic E-state index is 12.9. The van der Waals surface area contributed by atoms with Gasteiger partial charge in [-0.15, -0.1) is 0 Å². The number of pyridine rings is 1. The van der Waals surface area contributed by atoms with Gasteiger partial charge >= 0.3 is 0 Å². The third-order valence-electron chi connectivity index (χ3n) is 4.37. The second kappa shape index (κ2) is 6.99. The first-order chi connectivity index (χ1) is 13.2. The fourth-order valence-electron chi connectivity index (χ4n) is 3.10. The van der Waals surface area contributed by atoms with Gasteiger partial charge in [-0.1, -0.05) is 43.3 Å². The van der Waals surface area contributed by atoms with Gasteiger partial charge in [-0.2, -0.15) is 5.10 Å². The highest BCUT2D eigenvalue weighted by Gasteiger charge is 2.17. The van der Waals surface area contributed by atoms with Gasteiger partial charge in [0.05, 0.1) is 22.8 Å². The van der Waals surface area contributed by atoms with Crippen LogP contribution in [0.2, 0.25) is 0 Å². The molecule has 134 valence electrons. The van der Waals surface area contributed by atoms with Crippen molar-refractivity contribution >= 4 is 33.3 Å². The second-order valence-corrected chi connectivity index (χ2v) is 6.29. The number of carbonyl (C=O) groups excluding carboxylic acids is 1. The normalized spacial score (nSPS) is 11.0. The van der Waals surface area contributed by atoms with Crippen LogP contribution in [0, 0.1) is 0 Å². The number of rotatable bonds is 4. The Labute approximate surface area is 155 Å². The first-order valence-electron chi connectivity index (χ1n) is 8.83. The number of aryl methyl sites for hydroxylation is 1. The van der Waals surface area contributed by atoms with Crippen LogP contribution in [0.25, 0.3) is 21.7 Å². The predicted molar refractivity (Wildman–Crippen MR) is 106 cm³/mol. The number of carbonyl (C=O) groups is 1. The summed E-state index contributed by atoms with van der Waals surface area (Å²) in [7, 11) is 0. The molecule has 0 radical (unpaired) electrons. The molecular formula is C21H18N4O2. The smallest absolute Gasteiger partial charge is 0.276 e. The third-order valence-corrected chi connectivity index (χ3v) is 4.37. The molecule has 4 aromatic rings. The van der Waals surface area contributed by atoms with Crippen molar-refractivity contribution in [2.75, 3.05) is 5.32 Å². The molecule has 0 atom stereocenters. The summed E-state index contributed by atoms with van der Waals surface area (Å²) in [6.45, 7) is 2.42. The molecular weight excluding hydrogens is 340 g/mol. The fraction of sp³-hybridized carbons (Fsp3) is 0.143. The van der Waals surface area contributed by atoms with Gasteiger partial charge in [-0.25, -0.2) is 4.68 Å². The van der Waals surface area contributed by atoms with E-state index in [0.717, 1.165) is 17.3 Å². The highest BCUT2D eigenvalue weighted by molar-refractivity contribution is 6.11. The molecule has 0 fully saturated rings. The maximum Gasteiger partial charge on any atom is 0.276 e. The molecule has 2 heterocycles. The van der Waals surface area contributed by atoms with Crippen LogP contribution in [-0.2, 0) is 6.54 Å². The second-order valence-electron chi connectivity index (χ2n) is 6.29. The van der Waals surface area contributed by atoms with Crippen molar-refractivity contribution in [3.63, 3.8) is 0 Å². The number of fused-ring (bicyclic) bond motifs is 2. The zero-order valence-corrected chi connectivity index (χ0v) is 14.8. The molecule has 0 bridgehead atoms. The summed E-state index contributed by atoms with van der Waals surface area (Å²) < 4.78 is 1.36. The number of para-hydroxylation sites is 1. The lowest BCUT2D eigenvalue weighted by Gasteiger charge is -2.11. The molecule has 0 aliphatic carbocycles. The van der Waals surface area contributed by atoms with Gasteiger partial charge < -0.3 is 5.32 Å². The van der Waals surface area contributed by atoms with Crippen molar-refractivity contribution in [3.05, 3.63) is 76.8 Å². The summed E-state index contributed by atoms with van der Waals surface area (Å²) in [4.78, 5) is 29.8. The van der Waals surface area contributed by atoms with E-state index in [4.69, 9.17) is 0 Å². The minimum atomic E-state index is -0.367. The third kappa shape index (κ3) is 3.17. The van der Waals surface area contributed by atoms with E-state index in [1.54, 1.807) is 30.5 Å². The van der Waals surface area contributed by atoms with Crippen molar-refractivity contribution in [3.8, 4) is 0 Å². The van der Waals surface area contributed by atoms with E-state index in [1.165, 1.54) is 4.68 Å². The van der Waals surface area contributed by atoms with Gasteiger partial charge in [0, 0.05) is 17.3 Å². The van der Waals surface area contributed by atoms with Crippen LogP contribution in [-0.4, -0.2) is 20.7 Å². The van der Waals surface area contributed by atoms with Crippen molar-refractivity contribution in [1.29, 1.82) is 0 Å². The van der Waals surface area contributed by atoms with E-state index < -0.39 is 0 Å². The van der Waals surface area contributed by atoms with Gasteiger partial charge in [0.2, 0.25) is 0 Å². The van der Waals surface area contributed by atoms with E-state index in [2.05, 4.69) is 15.4 Å². The highest BCUT2D eigenvalue weighted by Crippen LogP contribution is 2.18. The van der Waals surface area contributed by atoms with Crippen molar-refractivity contribution in [2.24, 2.45) is 0 Å². The lowest BCUT2D eigenvalue weighted by Crippen LogP contribution is -2.27. The van der Waals surface area contributed by atoms with Crippen LogP contribution < -0.4 is 10.9 Å². The van der Waals surface area contributed by atoms with Gasteiger partial charge in [-0.05, 0) is 24.6 Å². The summed E-state index contributed by atoms with van der Waals surface area (Å²) in [5.74, 6) is -0.367. The zero-order valence-electron chi connectivity index (χ0n) is 14.8. The quantitative estimate of drug-likeness (QED) is 0.605. The number of benzene rings is 2. The number of amides is 1. The first-order valence-corrected chi connectivity index (χ1v) is 8.83. The number of nitrogens with zero attached hydrogens (tertiary/aromatic N) is 3. The van der Waals surface area contributed by atoms with Crippen molar-refractivity contribution in [1.82, 2.24) is 14.8 Å². The Morgan fingerprint density at radius 3 is 2.63 bits per heavy atom. The predicted octanol–water partition coefficient (Wildman–Crippen LogP) is 3.61. The molecule has 0 aliphatic rings. The van der Waals surface area contributed by atoms with Crippen LogP contribution in [0.3, 0.4) is 0 Å². The number of anilines is 1. The minimum absolute atomic E-state index is 0.184. The molecule has 0 saturated heterocycles. The van der Waals surface area contributed by atoms with E-state index in [1.807, 2.05) is 37.3 Å². The average molecular weight is 358 g/mol. The van der Waals surface area contributed by atoms with Crippen LogP contribution in [0.15, 0.2) is 65.6 Å². The summed E-state index contributed by atoms with van der Waals surface area (Å²) in [6.07, 6.45) is 2.37. The molecule has 0 aliphatic heterocycles. The minimum Gasteiger partial charge on any atom is -0.319 e. The Balaban J connectivity index is 1.77. The first kappa shape index (κ1) is 16.9. The standard InChI is InChI=1S/C21H18N4O2/c1-2-11-25-21(27)17-9-5-4-8-16(17)19(24-25)20(26)23-15-12-14-7-3-6-10-18(14)22-13-15/h3-10,12-13H,2,11H2,1H3,(H,23,26). The Bertz CT molecular complexity index is 1210. The monoisotopic (exact) mass is 358 g/mol. The Kier molecular flexibility index (Phi) is 4.38. The molecule has 6 nitrogen and oxygen atoms in total. The Morgan fingerprint density at radius 1 is 1.07 bits per heavy atom. The van der Waals surface area contributed by atoms with E-state index in [-0.39, 0.29) is 17.2 Å². The molecule has 2 aromatic carbocycles. The average Bonchev–Trinajstić information content (AvgIpc) is 2.70. The summed E-state index contributed by atoms with van der Waals surface area (Å²) >= 11 is 0. The molecule has 0 spiro atoms. The van der Waals surface area contributed by atoms with Crippen LogP contribution in [0.4, 0.5) is 5.69 Å². The van der Waals surface area contributed by atoms with Gasteiger partial charge in [-0.3, -0.25) is 14.6 Å². The lowest BCUT2D eigenvalue weighted by molar-refractivity contribution is 0.102. The molecule has 1 amide bonds. The topological polar surface area (TPSA) is 76.9 Å². The molecule has 2 aromatic heterocycles. The number of aromatic nitrogens is 3. The van der Waals surface area contributed by atoms with E-state index in [9.17, 15) is 9.59 Å². The molecule has 4 rings (SSSR count). The number of hydrogen-bond acceptors (Lipinski definition) is 4. The van der Waals surface area contributed by atoms with Gasteiger partial charge in [0.15, 0.2) is 5.69 Å². The van der Waals surface area contributed by atoms with Crippen molar-refractivity contribution in [2.45, 2.75) is 19.9 Å². The highest BCUT2D eigenvalue weighted by atomic mass is 16.2. The zero-order chi connectivity index (χ0) is 18.8. The number of hydrogen-bond donors (Lipinski definition) is 1. The van der Waals surface area contributed by atoms with E-state index in [0.29, 0.717) is 23.0 Å². The van der Waals surface area contributed by atoms with Crippen LogP contribution in [0.1, 0.15) is 23.8 Å². The van der Waals surface area contributed by atoms with E-state index >= 15 is 0 Å². The SMILES string of the molecule is CCCn1nc(C(=O)Nc2cnc3ccccc3c2)c2ccccc2c1=O. The lowest BCUT2D eigenvalue weighted by atomic mass is 10.1. The number of nitrogens with one attached hydrogen (secondary N) is 1. The molecule has 1 N–H and O–H groups in total. The molecule has 27 heavy (non-hydrogen) atoms. The molecule has 0 unspecified atom stereocenters. The van der Waals surface area contributed by atoms with Crippen molar-refractivity contribution < 1.29 is 4.79 Å².